The van der Waals surface area contributed by atoms with Crippen LogP contribution in [0.15, 0.2) is 12.3 Å². The minimum atomic E-state index is 0.713. The van der Waals surface area contributed by atoms with Gasteiger partial charge in [-0.3, -0.25) is 0 Å². The van der Waals surface area contributed by atoms with Gasteiger partial charge in [0.25, 0.3) is 0 Å². The van der Waals surface area contributed by atoms with Crippen molar-refractivity contribution in [2.24, 2.45) is 5.92 Å². The molecular formula is C11H18N4. The van der Waals surface area contributed by atoms with Crippen molar-refractivity contribution in [2.45, 2.75) is 19.8 Å². The average Bonchev–Trinajstić information content (AvgIpc) is 2.65. The summed E-state index contributed by atoms with van der Waals surface area (Å²) in [6.45, 7) is 5.77. The first-order chi connectivity index (χ1) is 7.28. The highest BCUT2D eigenvalue weighted by atomic mass is 15.1. The van der Waals surface area contributed by atoms with Crippen LogP contribution < -0.4 is 5.73 Å². The fourth-order valence-electron chi connectivity index (χ4n) is 2.19. The lowest BCUT2D eigenvalue weighted by Gasteiger charge is -2.12. The van der Waals surface area contributed by atoms with Gasteiger partial charge < -0.3 is 10.6 Å². The number of nitrogens with two attached hydrogens (primary N) is 1. The normalized spacial score (nSPS) is 22.1. The number of rotatable bonds is 3. The fourth-order valence-corrected chi connectivity index (χ4v) is 2.19. The number of hydrogen-bond donors (Lipinski definition) is 1. The summed E-state index contributed by atoms with van der Waals surface area (Å²) in [6, 6.07) is 1.93. The van der Waals surface area contributed by atoms with Crippen LogP contribution in [0, 0.1) is 5.92 Å². The number of aromatic nitrogens is 2. The van der Waals surface area contributed by atoms with Crippen molar-refractivity contribution in [3.63, 3.8) is 0 Å². The highest BCUT2D eigenvalue weighted by molar-refractivity contribution is 5.34. The lowest BCUT2D eigenvalue weighted by molar-refractivity contribution is 0.341. The summed E-state index contributed by atoms with van der Waals surface area (Å²) in [5.74, 6) is 0.723. The highest BCUT2D eigenvalue weighted by Crippen LogP contribution is 2.19. The second kappa shape index (κ2) is 4.57. The smallest absolute Gasteiger partial charge is 0.0726 e. The third-order valence-corrected chi connectivity index (χ3v) is 3.04. The Morgan fingerprint density at radius 3 is 3.13 bits per heavy atom. The monoisotopic (exact) mass is 206 g/mol. The van der Waals surface area contributed by atoms with E-state index in [2.05, 4.69) is 22.0 Å². The van der Waals surface area contributed by atoms with Crippen LogP contribution in [-0.2, 0) is 6.42 Å². The number of hydrogen-bond acceptors (Lipinski definition) is 4. The predicted molar refractivity (Wildman–Crippen MR) is 60.4 cm³/mol. The van der Waals surface area contributed by atoms with Crippen molar-refractivity contribution in [3.05, 3.63) is 18.0 Å². The molecule has 1 fully saturated rings. The fraction of sp³-hybridized carbons (Fsp3) is 0.636. The van der Waals surface area contributed by atoms with Crippen LogP contribution in [-0.4, -0.2) is 34.7 Å². The zero-order valence-corrected chi connectivity index (χ0v) is 9.19. The molecule has 1 unspecified atom stereocenters. The molecule has 1 aliphatic rings. The van der Waals surface area contributed by atoms with Gasteiger partial charge in [-0.25, -0.2) is 0 Å². The first-order valence-electron chi connectivity index (χ1n) is 5.57. The zero-order chi connectivity index (χ0) is 10.7. The first-order valence-corrected chi connectivity index (χ1v) is 5.57. The van der Waals surface area contributed by atoms with E-state index in [-0.39, 0.29) is 0 Å². The molecule has 2 N–H and O–H groups in total. The Morgan fingerprint density at radius 1 is 1.60 bits per heavy atom. The van der Waals surface area contributed by atoms with Crippen LogP contribution in [0.3, 0.4) is 0 Å². The standard InChI is InChI=1S/C11H18N4/c1-2-15-4-3-9(8-15)5-11-6-10(12)7-13-14-11/h6-7,9H,2-5,8H2,1H3,(H2,12,14). The molecule has 0 radical (unpaired) electrons. The van der Waals surface area contributed by atoms with Crippen molar-refractivity contribution in [1.82, 2.24) is 15.1 Å². The molecule has 1 aromatic heterocycles. The van der Waals surface area contributed by atoms with Crippen molar-refractivity contribution in [1.29, 1.82) is 0 Å². The highest BCUT2D eigenvalue weighted by Gasteiger charge is 2.21. The summed E-state index contributed by atoms with van der Waals surface area (Å²) in [4.78, 5) is 2.48. The number of likely N-dealkylation sites (tertiary alicyclic amines) is 1. The molecule has 0 spiro atoms. The predicted octanol–water partition coefficient (Wildman–Crippen LogP) is 0.943. The Kier molecular flexibility index (Phi) is 3.16. The minimum absolute atomic E-state index is 0.713. The van der Waals surface area contributed by atoms with Crippen molar-refractivity contribution in [3.8, 4) is 0 Å². The van der Waals surface area contributed by atoms with Gasteiger partial charge in [0, 0.05) is 6.54 Å². The Bertz CT molecular complexity index is 326. The van der Waals surface area contributed by atoms with Gasteiger partial charge in [-0.05, 0) is 37.9 Å². The number of nitrogen functional groups attached to an aromatic ring is 1. The SMILES string of the molecule is CCN1CCC(Cc2cc(N)cnn2)C1. The zero-order valence-electron chi connectivity index (χ0n) is 9.19. The molecule has 1 atom stereocenters. The van der Waals surface area contributed by atoms with Gasteiger partial charge in [0.05, 0.1) is 17.6 Å². The summed E-state index contributed by atoms with van der Waals surface area (Å²) in [6.07, 6.45) is 3.87. The van der Waals surface area contributed by atoms with E-state index in [4.69, 9.17) is 5.73 Å². The molecule has 2 rings (SSSR count). The molecule has 2 heterocycles. The Balaban J connectivity index is 1.92. The average molecular weight is 206 g/mol. The van der Waals surface area contributed by atoms with Gasteiger partial charge in [0.15, 0.2) is 0 Å². The summed E-state index contributed by atoms with van der Waals surface area (Å²) < 4.78 is 0. The maximum atomic E-state index is 5.67. The summed E-state index contributed by atoms with van der Waals surface area (Å²) in [5.41, 5.74) is 7.41. The number of nitrogens with zero attached hydrogens (tertiary/aromatic N) is 3. The van der Waals surface area contributed by atoms with Gasteiger partial charge in [-0.1, -0.05) is 6.92 Å². The van der Waals surface area contributed by atoms with Crippen LogP contribution in [0.25, 0.3) is 0 Å². The second-order valence-corrected chi connectivity index (χ2v) is 4.23. The van der Waals surface area contributed by atoms with E-state index in [1.807, 2.05) is 6.07 Å². The van der Waals surface area contributed by atoms with Gasteiger partial charge in [0.1, 0.15) is 0 Å². The Hall–Kier alpha value is -1.16. The molecule has 1 saturated heterocycles. The quantitative estimate of drug-likeness (QED) is 0.799. The summed E-state index contributed by atoms with van der Waals surface area (Å²) in [5, 5.41) is 7.98. The van der Waals surface area contributed by atoms with Crippen molar-refractivity contribution < 1.29 is 0 Å². The van der Waals surface area contributed by atoms with E-state index in [1.54, 1.807) is 6.20 Å². The van der Waals surface area contributed by atoms with Crippen molar-refractivity contribution in [2.75, 3.05) is 25.4 Å². The molecule has 0 aliphatic carbocycles. The van der Waals surface area contributed by atoms with Gasteiger partial charge in [-0.2, -0.15) is 10.2 Å². The molecule has 0 amide bonds. The van der Waals surface area contributed by atoms with Crippen LogP contribution in [0.4, 0.5) is 5.69 Å². The molecule has 1 aromatic rings. The van der Waals surface area contributed by atoms with E-state index < -0.39 is 0 Å². The molecule has 4 nitrogen and oxygen atoms in total. The van der Waals surface area contributed by atoms with E-state index in [1.165, 1.54) is 19.5 Å². The van der Waals surface area contributed by atoms with Crippen molar-refractivity contribution >= 4 is 5.69 Å². The van der Waals surface area contributed by atoms with E-state index in [0.717, 1.165) is 24.6 Å². The van der Waals surface area contributed by atoms with Gasteiger partial charge in [0.2, 0.25) is 0 Å². The molecule has 0 bridgehead atoms. The van der Waals surface area contributed by atoms with Crippen LogP contribution in [0.2, 0.25) is 0 Å². The minimum Gasteiger partial charge on any atom is -0.397 e. The molecule has 15 heavy (non-hydrogen) atoms. The lowest BCUT2D eigenvalue weighted by Crippen LogP contribution is -2.20. The molecular weight excluding hydrogens is 188 g/mol. The van der Waals surface area contributed by atoms with Crippen LogP contribution in [0.5, 0.6) is 0 Å². The second-order valence-electron chi connectivity index (χ2n) is 4.23. The largest absolute Gasteiger partial charge is 0.397 e. The summed E-state index contributed by atoms with van der Waals surface area (Å²) in [7, 11) is 0. The third-order valence-electron chi connectivity index (χ3n) is 3.04. The maximum absolute atomic E-state index is 5.67. The Morgan fingerprint density at radius 2 is 2.47 bits per heavy atom. The maximum Gasteiger partial charge on any atom is 0.0726 e. The molecule has 82 valence electrons. The molecule has 0 saturated carbocycles. The molecule has 0 aromatic carbocycles. The van der Waals surface area contributed by atoms with E-state index in [0.29, 0.717) is 5.69 Å². The van der Waals surface area contributed by atoms with Gasteiger partial charge in [-0.15, -0.1) is 0 Å². The summed E-state index contributed by atoms with van der Waals surface area (Å²) >= 11 is 0. The van der Waals surface area contributed by atoms with E-state index >= 15 is 0 Å². The van der Waals surface area contributed by atoms with Crippen LogP contribution in [0.1, 0.15) is 19.0 Å². The third kappa shape index (κ3) is 2.65. The topological polar surface area (TPSA) is 55.0 Å². The number of anilines is 1. The Labute approximate surface area is 90.5 Å². The van der Waals surface area contributed by atoms with Gasteiger partial charge >= 0.3 is 0 Å². The van der Waals surface area contributed by atoms with Crippen LogP contribution >= 0.6 is 0 Å². The van der Waals surface area contributed by atoms with E-state index in [9.17, 15) is 0 Å². The molecule has 4 heteroatoms. The first kappa shape index (κ1) is 10.4. The lowest BCUT2D eigenvalue weighted by atomic mass is 10.0. The molecule has 1 aliphatic heterocycles.